The van der Waals surface area contributed by atoms with E-state index in [2.05, 4.69) is 20.6 Å². The van der Waals surface area contributed by atoms with Crippen molar-refractivity contribution in [1.29, 1.82) is 0 Å². The lowest BCUT2D eigenvalue weighted by Crippen LogP contribution is -2.54. The number of H-pyrrole nitrogens is 1. The standard InChI is InChI=1S/C7H10N6O3/c8-5(14)4-3-16-2-1-13(4)7(15)6-9-11-12-10-6/h4H,1-3H2,(H2,8,14)(H,9,10,11,12). The van der Waals surface area contributed by atoms with Gasteiger partial charge in [0.1, 0.15) is 6.04 Å². The van der Waals surface area contributed by atoms with Crippen molar-refractivity contribution in [3.05, 3.63) is 5.82 Å². The zero-order valence-electron chi connectivity index (χ0n) is 8.29. The Morgan fingerprint density at radius 3 is 3.00 bits per heavy atom. The highest BCUT2D eigenvalue weighted by atomic mass is 16.5. The summed E-state index contributed by atoms with van der Waals surface area (Å²) >= 11 is 0. The summed E-state index contributed by atoms with van der Waals surface area (Å²) in [6.07, 6.45) is 0. The van der Waals surface area contributed by atoms with Gasteiger partial charge in [0.2, 0.25) is 5.91 Å². The molecule has 16 heavy (non-hydrogen) atoms. The number of carbonyl (C=O) groups is 2. The first-order valence-electron chi connectivity index (χ1n) is 4.61. The molecule has 1 atom stereocenters. The SMILES string of the molecule is NC(=O)C1COCCN1C(=O)c1nn[nH]n1. The number of rotatable bonds is 2. The number of tetrazole rings is 1. The van der Waals surface area contributed by atoms with Gasteiger partial charge in [-0.15, -0.1) is 10.2 Å². The lowest BCUT2D eigenvalue weighted by Gasteiger charge is -2.32. The Kier molecular flexibility index (Phi) is 2.77. The first-order valence-corrected chi connectivity index (χ1v) is 4.61. The molecular formula is C7H10N6O3. The normalized spacial score (nSPS) is 20.8. The average Bonchev–Trinajstić information content (AvgIpc) is 2.81. The van der Waals surface area contributed by atoms with E-state index in [-0.39, 0.29) is 19.0 Å². The van der Waals surface area contributed by atoms with Gasteiger partial charge in [-0.2, -0.15) is 5.21 Å². The number of nitrogens with two attached hydrogens (primary N) is 1. The van der Waals surface area contributed by atoms with Crippen molar-refractivity contribution in [3.63, 3.8) is 0 Å². The molecule has 2 heterocycles. The van der Waals surface area contributed by atoms with Crippen LogP contribution in [0, 0.1) is 0 Å². The predicted molar refractivity (Wildman–Crippen MR) is 49.0 cm³/mol. The summed E-state index contributed by atoms with van der Waals surface area (Å²) in [5, 5.41) is 12.6. The summed E-state index contributed by atoms with van der Waals surface area (Å²) in [6, 6.07) is -0.778. The minimum absolute atomic E-state index is 0.0897. The Labute approximate surface area is 89.9 Å². The van der Waals surface area contributed by atoms with Crippen LogP contribution in [0.1, 0.15) is 10.6 Å². The maximum absolute atomic E-state index is 11.9. The summed E-state index contributed by atoms with van der Waals surface area (Å²) in [5.74, 6) is -1.19. The van der Waals surface area contributed by atoms with Crippen LogP contribution in [-0.4, -0.2) is 63.1 Å². The number of aromatic amines is 1. The maximum atomic E-state index is 11.9. The van der Waals surface area contributed by atoms with E-state index < -0.39 is 17.9 Å². The Balaban J connectivity index is 2.17. The monoisotopic (exact) mass is 226 g/mol. The number of hydrogen-bond acceptors (Lipinski definition) is 6. The number of primary amides is 1. The van der Waals surface area contributed by atoms with E-state index in [9.17, 15) is 9.59 Å². The van der Waals surface area contributed by atoms with Crippen LogP contribution >= 0.6 is 0 Å². The minimum Gasteiger partial charge on any atom is -0.377 e. The molecular weight excluding hydrogens is 216 g/mol. The van der Waals surface area contributed by atoms with Gasteiger partial charge in [0.05, 0.1) is 13.2 Å². The molecule has 1 saturated heterocycles. The molecule has 1 aliphatic heterocycles. The number of nitrogens with one attached hydrogen (secondary N) is 1. The fraction of sp³-hybridized carbons (Fsp3) is 0.571. The van der Waals surface area contributed by atoms with Gasteiger partial charge in [-0.1, -0.05) is 0 Å². The highest BCUT2D eigenvalue weighted by molar-refractivity contribution is 5.94. The van der Waals surface area contributed by atoms with Gasteiger partial charge in [-0.25, -0.2) is 0 Å². The number of aromatic nitrogens is 4. The molecule has 3 N–H and O–H groups in total. The second-order valence-corrected chi connectivity index (χ2v) is 3.23. The molecule has 1 fully saturated rings. The molecule has 9 nitrogen and oxygen atoms in total. The van der Waals surface area contributed by atoms with Crippen molar-refractivity contribution in [2.45, 2.75) is 6.04 Å². The van der Waals surface area contributed by atoms with Gasteiger partial charge in [0.25, 0.3) is 11.7 Å². The second-order valence-electron chi connectivity index (χ2n) is 3.23. The van der Waals surface area contributed by atoms with Gasteiger partial charge in [0, 0.05) is 6.54 Å². The maximum Gasteiger partial charge on any atom is 0.296 e. The number of morpholine rings is 1. The average molecular weight is 226 g/mol. The predicted octanol–water partition coefficient (Wildman–Crippen LogP) is -2.47. The van der Waals surface area contributed by atoms with Crippen molar-refractivity contribution in [3.8, 4) is 0 Å². The first-order chi connectivity index (χ1) is 7.70. The van der Waals surface area contributed by atoms with Crippen LogP contribution in [0.25, 0.3) is 0 Å². The summed E-state index contributed by atoms with van der Waals surface area (Å²) in [4.78, 5) is 24.3. The van der Waals surface area contributed by atoms with Crippen LogP contribution in [0.4, 0.5) is 0 Å². The van der Waals surface area contributed by atoms with Crippen LogP contribution in [0.15, 0.2) is 0 Å². The highest BCUT2D eigenvalue weighted by Crippen LogP contribution is 2.09. The molecule has 0 bridgehead atoms. The fourth-order valence-electron chi connectivity index (χ4n) is 1.46. The van der Waals surface area contributed by atoms with Gasteiger partial charge in [0.15, 0.2) is 0 Å². The molecule has 9 heteroatoms. The molecule has 1 aromatic heterocycles. The third-order valence-electron chi connectivity index (χ3n) is 2.25. The molecule has 0 saturated carbocycles. The second kappa shape index (κ2) is 4.23. The van der Waals surface area contributed by atoms with Crippen LogP contribution in [-0.2, 0) is 9.53 Å². The zero-order chi connectivity index (χ0) is 11.5. The molecule has 2 amide bonds. The van der Waals surface area contributed by atoms with E-state index in [0.29, 0.717) is 6.61 Å². The molecule has 0 spiro atoms. The lowest BCUT2D eigenvalue weighted by atomic mass is 10.2. The molecule has 86 valence electrons. The van der Waals surface area contributed by atoms with Gasteiger partial charge in [-0.3, -0.25) is 9.59 Å². The largest absolute Gasteiger partial charge is 0.377 e. The van der Waals surface area contributed by atoms with Gasteiger partial charge >= 0.3 is 0 Å². The Morgan fingerprint density at radius 1 is 1.56 bits per heavy atom. The van der Waals surface area contributed by atoms with Crippen molar-refractivity contribution >= 4 is 11.8 Å². The van der Waals surface area contributed by atoms with E-state index in [0.717, 1.165) is 0 Å². The third-order valence-corrected chi connectivity index (χ3v) is 2.25. The van der Waals surface area contributed by atoms with E-state index in [4.69, 9.17) is 10.5 Å². The summed E-state index contributed by atoms with van der Waals surface area (Å²) in [6.45, 7) is 0.729. The zero-order valence-corrected chi connectivity index (χ0v) is 8.29. The lowest BCUT2D eigenvalue weighted by molar-refractivity contribution is -0.127. The van der Waals surface area contributed by atoms with E-state index in [1.807, 2.05) is 0 Å². The molecule has 0 aromatic carbocycles. The van der Waals surface area contributed by atoms with Crippen molar-refractivity contribution in [2.24, 2.45) is 5.73 Å². The fourth-order valence-corrected chi connectivity index (χ4v) is 1.46. The van der Waals surface area contributed by atoms with Crippen molar-refractivity contribution in [1.82, 2.24) is 25.5 Å². The molecule has 1 unspecified atom stereocenters. The Bertz CT molecular complexity index is 391. The number of nitrogens with zero attached hydrogens (tertiary/aromatic N) is 4. The summed E-state index contributed by atoms with van der Waals surface area (Å²) in [5.41, 5.74) is 5.17. The van der Waals surface area contributed by atoms with Gasteiger partial charge < -0.3 is 15.4 Å². The first kappa shape index (κ1) is 10.5. The van der Waals surface area contributed by atoms with E-state index in [1.165, 1.54) is 4.90 Å². The van der Waals surface area contributed by atoms with Crippen LogP contribution in [0.3, 0.4) is 0 Å². The summed E-state index contributed by atoms with van der Waals surface area (Å²) < 4.78 is 5.08. The third kappa shape index (κ3) is 1.84. The van der Waals surface area contributed by atoms with E-state index in [1.54, 1.807) is 0 Å². The van der Waals surface area contributed by atoms with Crippen molar-refractivity contribution in [2.75, 3.05) is 19.8 Å². The Morgan fingerprint density at radius 2 is 2.38 bits per heavy atom. The quantitative estimate of drug-likeness (QED) is 0.575. The molecule has 1 aromatic rings. The minimum atomic E-state index is -0.778. The van der Waals surface area contributed by atoms with E-state index >= 15 is 0 Å². The van der Waals surface area contributed by atoms with Crippen LogP contribution in [0.2, 0.25) is 0 Å². The number of hydrogen-bond donors (Lipinski definition) is 2. The topological polar surface area (TPSA) is 127 Å². The van der Waals surface area contributed by atoms with Crippen molar-refractivity contribution < 1.29 is 14.3 Å². The van der Waals surface area contributed by atoms with Crippen LogP contribution in [0.5, 0.6) is 0 Å². The highest BCUT2D eigenvalue weighted by Gasteiger charge is 2.33. The number of amides is 2. The smallest absolute Gasteiger partial charge is 0.296 e. The number of carbonyl (C=O) groups excluding carboxylic acids is 2. The van der Waals surface area contributed by atoms with Crippen LogP contribution < -0.4 is 5.73 Å². The molecule has 2 rings (SSSR count). The Hall–Kier alpha value is -2.03. The molecule has 0 aliphatic carbocycles. The molecule has 0 radical (unpaired) electrons. The van der Waals surface area contributed by atoms with Gasteiger partial charge in [-0.05, 0) is 5.21 Å². The summed E-state index contributed by atoms with van der Waals surface area (Å²) in [7, 11) is 0. The number of ether oxygens (including phenoxy) is 1. The molecule has 1 aliphatic rings.